The van der Waals surface area contributed by atoms with Crippen LogP contribution in [0.15, 0.2) is 53.9 Å². The summed E-state index contributed by atoms with van der Waals surface area (Å²) in [7, 11) is -4.11. The minimum absolute atomic E-state index is 0.0531. The summed E-state index contributed by atoms with van der Waals surface area (Å²) in [4.78, 5) is 36.2. The average molecular weight is 664 g/mol. The summed E-state index contributed by atoms with van der Waals surface area (Å²) in [5, 5.41) is 10.2. The van der Waals surface area contributed by atoms with Crippen LogP contribution in [0.3, 0.4) is 0 Å². The van der Waals surface area contributed by atoms with Gasteiger partial charge in [0.15, 0.2) is 5.82 Å². The standard InChI is InChI=1S/C32H37N7O5S2/c1-21-6-8-24(9-7-21)38-28(20-26(35-38)32(4)13-14-32)39(44-46(5,42)43)31(41)34-25-10-11-27(33-23(25)3)36-15-17-37(18-16-36)30(40)29-22(2)12-19-45-29/h6-12,19-20H,13-18H2,1-5H3,(H,34,41). The first-order chi connectivity index (χ1) is 21.8. The van der Waals surface area contributed by atoms with E-state index in [9.17, 15) is 18.0 Å². The molecule has 1 aliphatic heterocycles. The van der Waals surface area contributed by atoms with Crippen LogP contribution in [-0.2, 0) is 19.8 Å². The predicted octanol–water partition coefficient (Wildman–Crippen LogP) is 5.20. The van der Waals surface area contributed by atoms with Gasteiger partial charge in [-0.25, -0.2) is 14.5 Å². The van der Waals surface area contributed by atoms with Crippen molar-refractivity contribution in [2.24, 2.45) is 0 Å². The van der Waals surface area contributed by atoms with Gasteiger partial charge in [-0.05, 0) is 74.9 Å². The van der Waals surface area contributed by atoms with Crippen LogP contribution in [0.5, 0.6) is 0 Å². The molecule has 1 saturated heterocycles. The van der Waals surface area contributed by atoms with E-state index in [1.54, 1.807) is 25.1 Å². The van der Waals surface area contributed by atoms with Crippen molar-refractivity contribution in [3.05, 3.63) is 81.3 Å². The Morgan fingerprint density at radius 3 is 2.28 bits per heavy atom. The molecule has 2 fully saturated rings. The predicted molar refractivity (Wildman–Crippen MR) is 178 cm³/mol. The highest BCUT2D eigenvalue weighted by molar-refractivity contribution is 7.86. The minimum atomic E-state index is -4.11. The molecule has 4 heterocycles. The van der Waals surface area contributed by atoms with Crippen molar-refractivity contribution in [3.8, 4) is 5.69 Å². The van der Waals surface area contributed by atoms with Crippen LogP contribution in [0.2, 0.25) is 0 Å². The molecule has 242 valence electrons. The third-order valence-corrected chi connectivity index (χ3v) is 9.87. The zero-order chi connectivity index (χ0) is 32.8. The Hall–Kier alpha value is -4.27. The fourth-order valence-electron chi connectivity index (χ4n) is 5.34. The molecule has 46 heavy (non-hydrogen) atoms. The van der Waals surface area contributed by atoms with Crippen LogP contribution < -0.4 is 15.3 Å². The van der Waals surface area contributed by atoms with E-state index in [1.165, 1.54) is 16.0 Å². The van der Waals surface area contributed by atoms with Crippen molar-refractivity contribution in [3.63, 3.8) is 0 Å². The lowest BCUT2D eigenvalue weighted by atomic mass is 10.1. The van der Waals surface area contributed by atoms with Gasteiger partial charge in [0.25, 0.3) is 16.0 Å². The molecule has 12 nitrogen and oxygen atoms in total. The molecule has 14 heteroatoms. The first-order valence-corrected chi connectivity index (χ1v) is 17.8. The number of pyridine rings is 1. The number of piperazine rings is 1. The van der Waals surface area contributed by atoms with Crippen molar-refractivity contribution in [2.45, 2.75) is 46.0 Å². The number of hydrogen-bond donors (Lipinski definition) is 1. The number of benzene rings is 1. The Balaban J connectivity index is 1.22. The van der Waals surface area contributed by atoms with Crippen molar-refractivity contribution < 1.29 is 22.3 Å². The van der Waals surface area contributed by atoms with E-state index in [0.29, 0.717) is 43.2 Å². The summed E-state index contributed by atoms with van der Waals surface area (Å²) in [6.07, 6.45) is 2.76. The lowest BCUT2D eigenvalue weighted by Gasteiger charge is -2.35. The first-order valence-electron chi connectivity index (χ1n) is 15.1. The average Bonchev–Trinajstić information content (AvgIpc) is 3.39. The molecule has 4 aromatic rings. The van der Waals surface area contributed by atoms with Crippen molar-refractivity contribution >= 4 is 50.7 Å². The minimum Gasteiger partial charge on any atom is -0.353 e. The zero-order valence-electron chi connectivity index (χ0n) is 26.5. The van der Waals surface area contributed by atoms with E-state index in [1.807, 2.05) is 54.5 Å². The second-order valence-electron chi connectivity index (χ2n) is 12.2. The Morgan fingerprint density at radius 2 is 1.70 bits per heavy atom. The van der Waals surface area contributed by atoms with Gasteiger partial charge in [0.2, 0.25) is 0 Å². The Labute approximate surface area is 272 Å². The van der Waals surface area contributed by atoms with Crippen molar-refractivity contribution in [1.82, 2.24) is 19.7 Å². The second kappa shape index (κ2) is 12.2. The molecule has 6 rings (SSSR count). The maximum Gasteiger partial charge on any atom is 0.353 e. The van der Waals surface area contributed by atoms with Gasteiger partial charge < -0.3 is 15.1 Å². The number of nitrogens with zero attached hydrogens (tertiary/aromatic N) is 6. The molecule has 0 unspecified atom stereocenters. The number of aryl methyl sites for hydroxylation is 3. The maximum atomic E-state index is 13.8. The van der Waals surface area contributed by atoms with Crippen LogP contribution in [0.25, 0.3) is 5.69 Å². The molecule has 3 aromatic heterocycles. The fourth-order valence-corrected chi connectivity index (χ4v) is 6.64. The Kier molecular flexibility index (Phi) is 8.38. The number of urea groups is 1. The number of anilines is 3. The molecule has 2 aliphatic rings. The number of aromatic nitrogens is 3. The van der Waals surface area contributed by atoms with E-state index >= 15 is 0 Å². The number of thiophene rings is 1. The molecule has 0 bridgehead atoms. The van der Waals surface area contributed by atoms with Crippen LogP contribution in [-0.4, -0.2) is 72.5 Å². The molecule has 1 aromatic carbocycles. The smallest absolute Gasteiger partial charge is 0.353 e. The Bertz CT molecular complexity index is 1890. The monoisotopic (exact) mass is 663 g/mol. The van der Waals surface area contributed by atoms with Gasteiger partial charge in [0.1, 0.15) is 5.82 Å². The number of rotatable bonds is 8. The van der Waals surface area contributed by atoms with Gasteiger partial charge in [-0.1, -0.05) is 24.6 Å². The van der Waals surface area contributed by atoms with Gasteiger partial charge in [-0.2, -0.15) is 13.5 Å². The summed E-state index contributed by atoms with van der Waals surface area (Å²) in [6, 6.07) is 13.9. The van der Waals surface area contributed by atoms with Crippen molar-refractivity contribution in [1.29, 1.82) is 0 Å². The van der Waals surface area contributed by atoms with E-state index in [-0.39, 0.29) is 17.1 Å². The molecule has 1 N–H and O–H groups in total. The van der Waals surface area contributed by atoms with Crippen LogP contribution in [0.4, 0.5) is 22.1 Å². The number of carbonyl (C=O) groups excluding carboxylic acids is 2. The highest BCUT2D eigenvalue weighted by atomic mass is 32.2. The SMILES string of the molecule is Cc1ccc(-n2nc(C3(C)CC3)cc2N(OS(C)(=O)=O)C(=O)Nc2ccc(N3CCN(C(=O)c4sccc4C)CC3)nc2C)cc1. The number of amides is 3. The molecule has 1 aliphatic carbocycles. The maximum absolute atomic E-state index is 13.8. The molecule has 0 atom stereocenters. The summed E-state index contributed by atoms with van der Waals surface area (Å²) in [6.45, 7) is 10.1. The van der Waals surface area contributed by atoms with Crippen LogP contribution >= 0.6 is 11.3 Å². The third kappa shape index (κ3) is 6.64. The largest absolute Gasteiger partial charge is 0.353 e. The number of hydrogen-bond acceptors (Lipinski definition) is 9. The second-order valence-corrected chi connectivity index (χ2v) is 14.7. The van der Waals surface area contributed by atoms with E-state index in [2.05, 4.69) is 17.1 Å². The highest BCUT2D eigenvalue weighted by Crippen LogP contribution is 2.48. The quantitative estimate of drug-likeness (QED) is 0.255. The first kappa shape index (κ1) is 31.7. The van der Waals surface area contributed by atoms with Gasteiger partial charge in [-0.15, -0.1) is 20.7 Å². The van der Waals surface area contributed by atoms with E-state index in [0.717, 1.165) is 51.7 Å². The normalized spacial score (nSPS) is 15.9. The summed E-state index contributed by atoms with van der Waals surface area (Å²) < 4.78 is 31.6. The molecule has 0 radical (unpaired) electrons. The van der Waals surface area contributed by atoms with Gasteiger partial charge in [0.05, 0.1) is 33.9 Å². The number of carbonyl (C=O) groups is 2. The number of hydroxylamine groups is 1. The zero-order valence-corrected chi connectivity index (χ0v) is 28.1. The fraction of sp³-hybridized carbons (Fsp3) is 0.375. The van der Waals surface area contributed by atoms with Crippen LogP contribution in [0.1, 0.15) is 52.0 Å². The lowest BCUT2D eigenvalue weighted by Crippen LogP contribution is -2.49. The van der Waals surface area contributed by atoms with Gasteiger partial charge in [-0.3, -0.25) is 4.79 Å². The summed E-state index contributed by atoms with van der Waals surface area (Å²) in [5.41, 5.74) is 4.21. The molecule has 0 spiro atoms. The van der Waals surface area contributed by atoms with Gasteiger partial charge >= 0.3 is 6.03 Å². The van der Waals surface area contributed by atoms with Crippen molar-refractivity contribution in [2.75, 3.05) is 47.7 Å². The Morgan fingerprint density at radius 1 is 1.00 bits per heavy atom. The highest BCUT2D eigenvalue weighted by Gasteiger charge is 2.43. The van der Waals surface area contributed by atoms with Gasteiger partial charge in [0, 0.05) is 37.7 Å². The van der Waals surface area contributed by atoms with Crippen LogP contribution in [0, 0.1) is 20.8 Å². The molecular formula is C32H37N7O5S2. The summed E-state index contributed by atoms with van der Waals surface area (Å²) in [5.74, 6) is 0.929. The van der Waals surface area contributed by atoms with E-state index < -0.39 is 16.1 Å². The molecular weight excluding hydrogens is 627 g/mol. The number of nitrogens with one attached hydrogen (secondary N) is 1. The molecule has 1 saturated carbocycles. The van der Waals surface area contributed by atoms with E-state index in [4.69, 9.17) is 14.4 Å². The molecule has 3 amide bonds. The summed E-state index contributed by atoms with van der Waals surface area (Å²) >= 11 is 1.46. The third-order valence-electron chi connectivity index (χ3n) is 8.45. The lowest BCUT2D eigenvalue weighted by molar-refractivity contribution is 0.0750. The topological polar surface area (TPSA) is 130 Å².